The number of thiazole rings is 1. The highest BCUT2D eigenvalue weighted by atomic mass is 32.1. The van der Waals surface area contributed by atoms with Gasteiger partial charge in [-0.15, -0.1) is 11.3 Å². The van der Waals surface area contributed by atoms with Crippen LogP contribution < -0.4 is 14.8 Å². The van der Waals surface area contributed by atoms with Gasteiger partial charge in [0, 0.05) is 35.8 Å². The monoisotopic (exact) mass is 394 g/mol. The van der Waals surface area contributed by atoms with Gasteiger partial charge in [-0.3, -0.25) is 15.1 Å². The van der Waals surface area contributed by atoms with Crippen LogP contribution >= 0.6 is 11.3 Å². The van der Waals surface area contributed by atoms with Crippen molar-refractivity contribution in [2.75, 3.05) is 19.5 Å². The minimum Gasteiger partial charge on any atom is -0.496 e. The molecule has 8 heteroatoms. The maximum Gasteiger partial charge on any atom is 0.274 e. The third-order valence-corrected chi connectivity index (χ3v) is 5.25. The molecular formula is C20H18N4O3S. The maximum atomic E-state index is 12.9. The normalized spacial score (nSPS) is 10.8. The highest BCUT2D eigenvalue weighted by molar-refractivity contribution is 7.14. The lowest BCUT2D eigenvalue weighted by atomic mass is 10.2. The number of anilines is 1. The maximum absolute atomic E-state index is 12.9. The molecule has 0 saturated heterocycles. The Labute approximate surface area is 165 Å². The first kappa shape index (κ1) is 18.0. The molecule has 4 aromatic rings. The molecule has 0 unspecified atom stereocenters. The minimum absolute atomic E-state index is 0.251. The van der Waals surface area contributed by atoms with E-state index in [2.05, 4.69) is 15.3 Å². The molecule has 28 heavy (non-hydrogen) atoms. The van der Waals surface area contributed by atoms with Crippen molar-refractivity contribution in [3.8, 4) is 22.8 Å². The van der Waals surface area contributed by atoms with Gasteiger partial charge >= 0.3 is 0 Å². The summed E-state index contributed by atoms with van der Waals surface area (Å²) in [5, 5.41) is 6.12. The van der Waals surface area contributed by atoms with Crippen molar-refractivity contribution < 1.29 is 14.3 Å². The number of ether oxygens (including phenoxy) is 2. The fraction of sp³-hybridized carbons (Fsp3) is 0.150. The van der Waals surface area contributed by atoms with Gasteiger partial charge in [0.1, 0.15) is 17.2 Å². The van der Waals surface area contributed by atoms with Gasteiger partial charge in [-0.1, -0.05) is 0 Å². The van der Waals surface area contributed by atoms with E-state index in [4.69, 9.17) is 9.47 Å². The zero-order valence-electron chi connectivity index (χ0n) is 15.6. The lowest BCUT2D eigenvalue weighted by Gasteiger charge is -2.08. The number of benzene rings is 1. The van der Waals surface area contributed by atoms with Gasteiger partial charge in [-0.25, -0.2) is 4.98 Å². The van der Waals surface area contributed by atoms with E-state index >= 15 is 0 Å². The number of aryl methyl sites for hydroxylation is 1. The number of aromatic nitrogens is 3. The number of methoxy groups -OCH3 is 2. The van der Waals surface area contributed by atoms with E-state index in [0.717, 1.165) is 22.2 Å². The van der Waals surface area contributed by atoms with Crippen LogP contribution in [0.2, 0.25) is 0 Å². The summed E-state index contributed by atoms with van der Waals surface area (Å²) >= 11 is 1.37. The van der Waals surface area contributed by atoms with Gasteiger partial charge in [0.15, 0.2) is 5.13 Å². The van der Waals surface area contributed by atoms with Gasteiger partial charge in [-0.2, -0.15) is 0 Å². The number of hydrogen-bond donors (Lipinski definition) is 1. The molecule has 0 aliphatic heterocycles. The van der Waals surface area contributed by atoms with Crippen molar-refractivity contribution in [3.05, 3.63) is 53.8 Å². The van der Waals surface area contributed by atoms with E-state index in [9.17, 15) is 4.79 Å². The molecule has 1 N–H and O–H groups in total. The molecule has 3 aromatic heterocycles. The van der Waals surface area contributed by atoms with E-state index in [1.807, 2.05) is 36.7 Å². The molecule has 4 rings (SSSR count). The van der Waals surface area contributed by atoms with Gasteiger partial charge in [0.25, 0.3) is 5.91 Å². The summed E-state index contributed by atoms with van der Waals surface area (Å²) in [7, 11) is 5.03. The molecule has 0 spiro atoms. The van der Waals surface area contributed by atoms with Crippen molar-refractivity contribution in [1.82, 2.24) is 14.5 Å². The zero-order valence-corrected chi connectivity index (χ0v) is 16.4. The number of nitrogens with one attached hydrogen (secondary N) is 1. The summed E-state index contributed by atoms with van der Waals surface area (Å²) < 4.78 is 12.7. The van der Waals surface area contributed by atoms with E-state index in [0.29, 0.717) is 22.3 Å². The fourth-order valence-electron chi connectivity index (χ4n) is 3.12. The smallest absolute Gasteiger partial charge is 0.274 e. The average Bonchev–Trinajstić information content (AvgIpc) is 3.33. The molecule has 1 aromatic carbocycles. The Morgan fingerprint density at radius 3 is 2.54 bits per heavy atom. The first-order valence-corrected chi connectivity index (χ1v) is 9.38. The van der Waals surface area contributed by atoms with E-state index in [1.54, 1.807) is 37.2 Å². The van der Waals surface area contributed by atoms with Crippen molar-refractivity contribution in [1.29, 1.82) is 0 Å². The van der Waals surface area contributed by atoms with E-state index in [-0.39, 0.29) is 5.91 Å². The second kappa shape index (κ2) is 7.32. The second-order valence-electron chi connectivity index (χ2n) is 6.05. The van der Waals surface area contributed by atoms with Crippen LogP contribution in [0.1, 0.15) is 10.5 Å². The molecule has 0 bridgehead atoms. The lowest BCUT2D eigenvalue weighted by Crippen LogP contribution is -2.15. The van der Waals surface area contributed by atoms with Crippen LogP contribution in [0.25, 0.3) is 22.2 Å². The summed E-state index contributed by atoms with van der Waals surface area (Å²) in [6.07, 6.45) is 3.42. The first-order valence-electron chi connectivity index (χ1n) is 8.50. The van der Waals surface area contributed by atoms with Crippen LogP contribution in [0.5, 0.6) is 11.5 Å². The van der Waals surface area contributed by atoms with Crippen LogP contribution in [0.4, 0.5) is 5.13 Å². The Balaban J connectivity index is 1.66. The molecule has 0 aliphatic rings. The minimum atomic E-state index is -0.251. The Hall–Kier alpha value is -3.39. The number of hydrogen-bond acceptors (Lipinski definition) is 6. The predicted octanol–water partition coefficient (Wildman–Crippen LogP) is 3.97. The summed E-state index contributed by atoms with van der Waals surface area (Å²) in [6.45, 7) is 0. The summed E-state index contributed by atoms with van der Waals surface area (Å²) in [5.41, 5.74) is 3.02. The quantitative estimate of drug-likeness (QED) is 0.554. The Kier molecular flexibility index (Phi) is 4.70. The zero-order chi connectivity index (χ0) is 19.7. The van der Waals surface area contributed by atoms with Crippen molar-refractivity contribution in [3.63, 3.8) is 0 Å². The third kappa shape index (κ3) is 3.07. The predicted molar refractivity (Wildman–Crippen MR) is 109 cm³/mol. The SMILES string of the molecule is COc1ccc(OC)c2c1cc(C(=O)Nc1nc(-c3ccncc3)cs1)n2C. The van der Waals surface area contributed by atoms with Crippen LogP contribution in [0, 0.1) is 0 Å². The van der Waals surface area contributed by atoms with Crippen LogP contribution in [-0.4, -0.2) is 34.7 Å². The molecular weight excluding hydrogens is 376 g/mol. The summed E-state index contributed by atoms with van der Waals surface area (Å²) in [4.78, 5) is 21.4. The largest absolute Gasteiger partial charge is 0.496 e. The highest BCUT2D eigenvalue weighted by Crippen LogP contribution is 2.35. The number of pyridine rings is 1. The summed E-state index contributed by atoms with van der Waals surface area (Å²) in [6, 6.07) is 9.20. The van der Waals surface area contributed by atoms with Crippen molar-refractivity contribution in [2.45, 2.75) is 0 Å². The topological polar surface area (TPSA) is 78.3 Å². The molecule has 0 saturated carbocycles. The molecule has 7 nitrogen and oxygen atoms in total. The standard InChI is InChI=1S/C20H18N4O3S/c1-24-15(10-13-16(26-2)4-5-17(27-3)18(13)24)19(25)23-20-22-14(11-28-20)12-6-8-21-9-7-12/h4-11H,1-3H3,(H,22,23,25). The Morgan fingerprint density at radius 1 is 1.11 bits per heavy atom. The van der Waals surface area contributed by atoms with Gasteiger partial charge < -0.3 is 14.0 Å². The highest BCUT2D eigenvalue weighted by Gasteiger charge is 2.20. The Morgan fingerprint density at radius 2 is 1.82 bits per heavy atom. The molecule has 0 radical (unpaired) electrons. The lowest BCUT2D eigenvalue weighted by molar-refractivity contribution is 0.101. The number of carbonyl (C=O) groups excluding carboxylic acids is 1. The molecule has 0 aliphatic carbocycles. The average molecular weight is 394 g/mol. The number of nitrogens with zero attached hydrogens (tertiary/aromatic N) is 3. The Bertz CT molecular complexity index is 1150. The van der Waals surface area contributed by atoms with Crippen LogP contribution in [0.15, 0.2) is 48.1 Å². The van der Waals surface area contributed by atoms with Crippen molar-refractivity contribution in [2.24, 2.45) is 7.05 Å². The number of rotatable bonds is 5. The molecule has 0 fully saturated rings. The third-order valence-electron chi connectivity index (χ3n) is 4.49. The van der Waals surface area contributed by atoms with Gasteiger partial charge in [-0.05, 0) is 30.3 Å². The van der Waals surface area contributed by atoms with E-state index in [1.165, 1.54) is 11.3 Å². The molecule has 1 amide bonds. The van der Waals surface area contributed by atoms with Gasteiger partial charge in [0.05, 0.1) is 25.4 Å². The molecule has 3 heterocycles. The number of carbonyl (C=O) groups is 1. The first-order chi connectivity index (χ1) is 13.6. The fourth-order valence-corrected chi connectivity index (χ4v) is 3.83. The van der Waals surface area contributed by atoms with E-state index < -0.39 is 0 Å². The number of amides is 1. The summed E-state index contributed by atoms with van der Waals surface area (Å²) in [5.74, 6) is 1.10. The van der Waals surface area contributed by atoms with Gasteiger partial charge in [0.2, 0.25) is 0 Å². The van der Waals surface area contributed by atoms with Crippen LogP contribution in [-0.2, 0) is 7.05 Å². The number of fused-ring (bicyclic) bond motifs is 1. The van der Waals surface area contributed by atoms with Crippen molar-refractivity contribution >= 4 is 33.3 Å². The molecule has 142 valence electrons. The second-order valence-corrected chi connectivity index (χ2v) is 6.91. The van der Waals surface area contributed by atoms with Crippen LogP contribution in [0.3, 0.4) is 0 Å². The molecule has 0 atom stereocenters.